The molecular formula is C70H57N3. The highest BCUT2D eigenvalue weighted by molar-refractivity contribution is 5.86. The molecule has 0 saturated carbocycles. The number of aryl methyl sites for hydroxylation is 4. The molecule has 0 heterocycles. The van der Waals surface area contributed by atoms with Crippen LogP contribution in [0.1, 0.15) is 22.3 Å². The zero-order chi connectivity index (χ0) is 49.7. The summed E-state index contributed by atoms with van der Waals surface area (Å²) in [6.07, 6.45) is 0. The molecule has 11 rings (SSSR count). The van der Waals surface area contributed by atoms with Crippen molar-refractivity contribution in [1.82, 2.24) is 0 Å². The standard InChI is InChI=1S/C70H57N3/c1-50-24-26-54(27-25-50)55-28-36-66(37-29-55)73(70-23-13-16-53(4)46-70)67-42-34-58(35-43-67)61-48-59(56-30-38-64(39-31-56)71(62-17-7-5-8-18-62)68-21-11-14-51(2)44-68)47-60(49-61)57-32-40-65(41-33-57)72(63-19-9-6-10-20-63)69-22-12-15-52(3)45-69/h5-49H,1-4H3. The Bertz CT molecular complexity index is 3470. The average molecular weight is 940 g/mol. The topological polar surface area (TPSA) is 9.72 Å². The van der Waals surface area contributed by atoms with E-state index in [-0.39, 0.29) is 0 Å². The van der Waals surface area contributed by atoms with Gasteiger partial charge in [-0.1, -0.05) is 151 Å². The second-order valence-corrected chi connectivity index (χ2v) is 19.0. The monoisotopic (exact) mass is 939 g/mol. The lowest BCUT2D eigenvalue weighted by Crippen LogP contribution is -2.10. The van der Waals surface area contributed by atoms with Gasteiger partial charge in [-0.25, -0.2) is 0 Å². The van der Waals surface area contributed by atoms with Gasteiger partial charge < -0.3 is 14.7 Å². The summed E-state index contributed by atoms with van der Waals surface area (Å²) in [7, 11) is 0. The quantitative estimate of drug-likeness (QED) is 0.114. The van der Waals surface area contributed by atoms with Crippen LogP contribution in [0.15, 0.2) is 273 Å². The van der Waals surface area contributed by atoms with Crippen LogP contribution in [0.3, 0.4) is 0 Å². The molecule has 0 unspecified atom stereocenters. The predicted octanol–water partition coefficient (Wildman–Crippen LogP) is 20.0. The van der Waals surface area contributed by atoms with E-state index in [0.717, 1.165) is 84.6 Å². The van der Waals surface area contributed by atoms with Gasteiger partial charge in [-0.15, -0.1) is 0 Å². The van der Waals surface area contributed by atoms with Crippen molar-refractivity contribution in [2.45, 2.75) is 27.7 Å². The largest absolute Gasteiger partial charge is 0.310 e. The van der Waals surface area contributed by atoms with Crippen molar-refractivity contribution in [3.8, 4) is 44.5 Å². The van der Waals surface area contributed by atoms with Crippen molar-refractivity contribution in [3.63, 3.8) is 0 Å². The second-order valence-electron chi connectivity index (χ2n) is 19.0. The van der Waals surface area contributed by atoms with Crippen molar-refractivity contribution in [2.75, 3.05) is 14.7 Å². The van der Waals surface area contributed by atoms with Crippen LogP contribution in [0.5, 0.6) is 0 Å². The Hall–Kier alpha value is -9.18. The minimum Gasteiger partial charge on any atom is -0.310 e. The second kappa shape index (κ2) is 20.7. The Labute approximate surface area is 431 Å². The minimum absolute atomic E-state index is 1.09. The van der Waals surface area contributed by atoms with Gasteiger partial charge in [0.05, 0.1) is 0 Å². The van der Waals surface area contributed by atoms with E-state index in [1.165, 1.54) is 33.4 Å². The normalized spacial score (nSPS) is 11.0. The fourth-order valence-electron chi connectivity index (χ4n) is 9.88. The molecule has 0 spiro atoms. The Morgan fingerprint density at radius 1 is 0.164 bits per heavy atom. The molecule has 0 amide bonds. The molecule has 0 aromatic heterocycles. The van der Waals surface area contributed by atoms with E-state index in [9.17, 15) is 0 Å². The van der Waals surface area contributed by atoms with Gasteiger partial charge in [0.15, 0.2) is 0 Å². The van der Waals surface area contributed by atoms with E-state index >= 15 is 0 Å². The molecule has 73 heavy (non-hydrogen) atoms. The number of para-hydroxylation sites is 2. The molecule has 11 aromatic rings. The van der Waals surface area contributed by atoms with Crippen LogP contribution >= 0.6 is 0 Å². The maximum Gasteiger partial charge on any atom is 0.0464 e. The van der Waals surface area contributed by atoms with Gasteiger partial charge in [-0.2, -0.15) is 0 Å². The number of nitrogens with zero attached hydrogens (tertiary/aromatic N) is 3. The van der Waals surface area contributed by atoms with Crippen LogP contribution in [-0.4, -0.2) is 0 Å². The van der Waals surface area contributed by atoms with Gasteiger partial charge in [-0.05, 0) is 216 Å². The van der Waals surface area contributed by atoms with Crippen LogP contribution in [0.4, 0.5) is 51.2 Å². The Kier molecular flexibility index (Phi) is 13.1. The van der Waals surface area contributed by atoms with Crippen LogP contribution in [0.2, 0.25) is 0 Å². The van der Waals surface area contributed by atoms with Crippen molar-refractivity contribution in [1.29, 1.82) is 0 Å². The summed E-state index contributed by atoms with van der Waals surface area (Å²) in [6, 6.07) is 99.2. The lowest BCUT2D eigenvalue weighted by molar-refractivity contribution is 1.27. The number of anilines is 9. The minimum atomic E-state index is 1.09. The van der Waals surface area contributed by atoms with Gasteiger partial charge in [0, 0.05) is 51.2 Å². The first-order chi connectivity index (χ1) is 35.8. The molecular weight excluding hydrogens is 883 g/mol. The van der Waals surface area contributed by atoms with Gasteiger partial charge in [0.2, 0.25) is 0 Å². The zero-order valence-corrected chi connectivity index (χ0v) is 41.8. The van der Waals surface area contributed by atoms with Crippen molar-refractivity contribution in [3.05, 3.63) is 295 Å². The highest BCUT2D eigenvalue weighted by Crippen LogP contribution is 2.42. The summed E-state index contributed by atoms with van der Waals surface area (Å²) in [6.45, 7) is 8.58. The van der Waals surface area contributed by atoms with Crippen LogP contribution < -0.4 is 14.7 Å². The summed E-state index contributed by atoms with van der Waals surface area (Å²) in [5.74, 6) is 0. The maximum absolute atomic E-state index is 2.35. The van der Waals surface area contributed by atoms with E-state index in [4.69, 9.17) is 0 Å². The summed E-state index contributed by atoms with van der Waals surface area (Å²) in [5.41, 5.74) is 24.2. The molecule has 352 valence electrons. The summed E-state index contributed by atoms with van der Waals surface area (Å²) >= 11 is 0. The summed E-state index contributed by atoms with van der Waals surface area (Å²) in [5, 5.41) is 0. The predicted molar refractivity (Wildman–Crippen MR) is 311 cm³/mol. The molecule has 0 aliphatic carbocycles. The fraction of sp³-hybridized carbons (Fsp3) is 0.0571. The molecule has 0 aliphatic heterocycles. The molecule has 0 N–H and O–H groups in total. The van der Waals surface area contributed by atoms with Crippen LogP contribution in [0, 0.1) is 27.7 Å². The van der Waals surface area contributed by atoms with E-state index in [0.29, 0.717) is 0 Å². The molecule has 0 fully saturated rings. The van der Waals surface area contributed by atoms with E-state index in [2.05, 4.69) is 315 Å². The fourth-order valence-corrected chi connectivity index (χ4v) is 9.88. The van der Waals surface area contributed by atoms with Crippen molar-refractivity contribution < 1.29 is 0 Å². The van der Waals surface area contributed by atoms with E-state index < -0.39 is 0 Å². The Morgan fingerprint density at radius 2 is 0.397 bits per heavy atom. The SMILES string of the molecule is Cc1ccc(-c2ccc(N(c3ccc(-c4cc(-c5ccc(N(c6ccccc6)c6cccc(C)c6)cc5)cc(-c5ccc(N(c6ccccc6)c6cccc(C)c6)cc5)c4)cc3)c3cccc(C)c3)cc2)cc1. The van der Waals surface area contributed by atoms with Gasteiger partial charge >= 0.3 is 0 Å². The molecule has 0 saturated heterocycles. The van der Waals surface area contributed by atoms with Gasteiger partial charge in [-0.3, -0.25) is 0 Å². The van der Waals surface area contributed by atoms with Gasteiger partial charge in [0.1, 0.15) is 0 Å². The Balaban J connectivity index is 0.987. The average Bonchev–Trinajstić information content (AvgIpc) is 3.43. The molecule has 0 radical (unpaired) electrons. The molecule has 11 aromatic carbocycles. The van der Waals surface area contributed by atoms with Crippen LogP contribution in [-0.2, 0) is 0 Å². The first-order valence-electron chi connectivity index (χ1n) is 25.1. The van der Waals surface area contributed by atoms with Crippen LogP contribution in [0.25, 0.3) is 44.5 Å². The molecule has 0 aliphatic rings. The van der Waals surface area contributed by atoms with Crippen molar-refractivity contribution >= 4 is 51.2 Å². The summed E-state index contributed by atoms with van der Waals surface area (Å²) in [4.78, 5) is 7.01. The first kappa shape index (κ1) is 46.2. The maximum atomic E-state index is 2.35. The highest BCUT2D eigenvalue weighted by Gasteiger charge is 2.18. The number of hydrogen-bond donors (Lipinski definition) is 0. The number of benzene rings is 11. The summed E-state index contributed by atoms with van der Waals surface area (Å²) < 4.78 is 0. The molecule has 3 nitrogen and oxygen atoms in total. The molecule has 0 atom stereocenters. The molecule has 0 bridgehead atoms. The number of rotatable bonds is 13. The third-order valence-corrected chi connectivity index (χ3v) is 13.6. The van der Waals surface area contributed by atoms with Crippen molar-refractivity contribution in [2.24, 2.45) is 0 Å². The lowest BCUT2D eigenvalue weighted by Gasteiger charge is -2.26. The molecule has 3 heteroatoms. The number of hydrogen-bond acceptors (Lipinski definition) is 3. The third-order valence-electron chi connectivity index (χ3n) is 13.6. The zero-order valence-electron chi connectivity index (χ0n) is 41.8. The Morgan fingerprint density at radius 3 is 0.671 bits per heavy atom. The van der Waals surface area contributed by atoms with Gasteiger partial charge in [0.25, 0.3) is 0 Å². The third kappa shape index (κ3) is 10.2. The first-order valence-corrected chi connectivity index (χ1v) is 25.1. The van der Waals surface area contributed by atoms with E-state index in [1.54, 1.807) is 0 Å². The smallest absolute Gasteiger partial charge is 0.0464 e. The van der Waals surface area contributed by atoms with E-state index in [1.807, 2.05) is 0 Å². The lowest BCUT2D eigenvalue weighted by atomic mass is 9.93. The highest BCUT2D eigenvalue weighted by atomic mass is 15.2.